The van der Waals surface area contributed by atoms with E-state index in [1.54, 1.807) is 0 Å². The molecular weight excluding hydrogens is 330 g/mol. The van der Waals surface area contributed by atoms with Crippen molar-refractivity contribution in [2.45, 2.75) is 32.2 Å². The van der Waals surface area contributed by atoms with E-state index in [0.717, 1.165) is 17.9 Å². The maximum absolute atomic E-state index is 6.00. The zero-order valence-corrected chi connectivity index (χ0v) is 15.8. The summed E-state index contributed by atoms with van der Waals surface area (Å²) >= 11 is 0. The molecule has 0 radical (unpaired) electrons. The van der Waals surface area contributed by atoms with Gasteiger partial charge in [0.25, 0.3) is 0 Å². The molecule has 3 aromatic rings. The molecule has 0 aromatic heterocycles. The van der Waals surface area contributed by atoms with Crippen molar-refractivity contribution in [3.63, 3.8) is 0 Å². The molecule has 0 aliphatic carbocycles. The van der Waals surface area contributed by atoms with Crippen molar-refractivity contribution in [3.05, 3.63) is 95.6 Å². The molecule has 2 heteroatoms. The Bertz CT molecular complexity index is 913. The van der Waals surface area contributed by atoms with Crippen molar-refractivity contribution in [2.24, 2.45) is 4.99 Å². The largest absolute Gasteiger partial charge is 0.475 e. The molecule has 136 valence electrons. The summed E-state index contributed by atoms with van der Waals surface area (Å²) in [6, 6.07) is 27.7. The number of hydrogen-bond donors (Lipinski definition) is 0. The maximum atomic E-state index is 6.00. The second-order valence-electron chi connectivity index (χ2n) is 7.02. The lowest BCUT2D eigenvalue weighted by Crippen LogP contribution is -2.03. The van der Waals surface area contributed by atoms with Crippen LogP contribution in [0.4, 0.5) is 0 Å². The molecule has 0 saturated heterocycles. The van der Waals surface area contributed by atoms with Gasteiger partial charge in [-0.3, -0.25) is 0 Å². The van der Waals surface area contributed by atoms with E-state index < -0.39 is 0 Å². The van der Waals surface area contributed by atoms with Gasteiger partial charge in [0.05, 0.1) is 0 Å². The van der Waals surface area contributed by atoms with Gasteiger partial charge >= 0.3 is 0 Å². The number of unbranched alkanes of at least 4 members (excludes halogenated alkanes) is 1. The van der Waals surface area contributed by atoms with Crippen LogP contribution in [0.2, 0.25) is 0 Å². The van der Waals surface area contributed by atoms with Crippen molar-refractivity contribution in [2.75, 3.05) is 6.61 Å². The Hall–Kier alpha value is -2.87. The Labute approximate surface area is 161 Å². The normalized spacial score (nSPS) is 16.0. The number of nitrogens with zero attached hydrogens (tertiary/aromatic N) is 1. The van der Waals surface area contributed by atoms with E-state index in [0.29, 0.717) is 6.61 Å². The number of aryl methyl sites for hydroxylation is 1. The van der Waals surface area contributed by atoms with Crippen molar-refractivity contribution < 1.29 is 4.74 Å². The van der Waals surface area contributed by atoms with E-state index in [4.69, 9.17) is 9.73 Å². The van der Waals surface area contributed by atoms with E-state index in [1.807, 2.05) is 6.07 Å². The quantitative estimate of drug-likeness (QED) is 0.515. The minimum atomic E-state index is 0.0747. The van der Waals surface area contributed by atoms with Gasteiger partial charge in [-0.2, -0.15) is 0 Å². The van der Waals surface area contributed by atoms with Gasteiger partial charge in [-0.25, -0.2) is 4.99 Å². The van der Waals surface area contributed by atoms with Gasteiger partial charge in [-0.15, -0.1) is 0 Å². The highest BCUT2D eigenvalue weighted by Crippen LogP contribution is 2.30. The van der Waals surface area contributed by atoms with Crippen LogP contribution >= 0.6 is 0 Å². The molecule has 3 aromatic carbocycles. The van der Waals surface area contributed by atoms with Crippen molar-refractivity contribution >= 4 is 5.90 Å². The first-order valence-corrected chi connectivity index (χ1v) is 9.79. The molecule has 0 spiro atoms. The summed E-state index contributed by atoms with van der Waals surface area (Å²) in [6.07, 6.45) is 3.61. The Morgan fingerprint density at radius 3 is 2.30 bits per heavy atom. The first kappa shape index (κ1) is 17.5. The van der Waals surface area contributed by atoms with Crippen molar-refractivity contribution in [3.8, 4) is 11.1 Å². The van der Waals surface area contributed by atoms with Gasteiger partial charge < -0.3 is 4.74 Å². The summed E-state index contributed by atoms with van der Waals surface area (Å²) in [4.78, 5) is 4.87. The second kappa shape index (κ2) is 8.22. The number of aliphatic imine (C=N–C) groups is 1. The molecule has 27 heavy (non-hydrogen) atoms. The van der Waals surface area contributed by atoms with Crippen LogP contribution in [0.3, 0.4) is 0 Å². The van der Waals surface area contributed by atoms with Gasteiger partial charge in [0.1, 0.15) is 12.6 Å². The molecule has 0 unspecified atom stereocenters. The van der Waals surface area contributed by atoms with Crippen molar-refractivity contribution in [1.29, 1.82) is 0 Å². The zero-order valence-electron chi connectivity index (χ0n) is 15.8. The Morgan fingerprint density at radius 2 is 1.56 bits per heavy atom. The van der Waals surface area contributed by atoms with Gasteiger partial charge in [0.15, 0.2) is 0 Å². The predicted molar refractivity (Wildman–Crippen MR) is 112 cm³/mol. The third-order valence-corrected chi connectivity index (χ3v) is 5.08. The number of benzene rings is 3. The molecule has 0 bridgehead atoms. The number of hydrogen-bond acceptors (Lipinski definition) is 2. The minimum Gasteiger partial charge on any atom is -0.475 e. The van der Waals surface area contributed by atoms with Crippen LogP contribution in [-0.2, 0) is 11.2 Å². The zero-order chi connectivity index (χ0) is 18.5. The van der Waals surface area contributed by atoms with Crippen LogP contribution in [0.1, 0.15) is 42.5 Å². The topological polar surface area (TPSA) is 21.6 Å². The fourth-order valence-electron chi connectivity index (χ4n) is 3.52. The molecule has 4 rings (SSSR count). The molecular formula is C25H25NO. The monoisotopic (exact) mass is 355 g/mol. The summed E-state index contributed by atoms with van der Waals surface area (Å²) < 4.78 is 6.00. The molecule has 1 atom stereocenters. The lowest BCUT2D eigenvalue weighted by molar-refractivity contribution is 0.320. The van der Waals surface area contributed by atoms with Gasteiger partial charge in [0, 0.05) is 5.56 Å². The molecule has 2 nitrogen and oxygen atoms in total. The average Bonchev–Trinajstić information content (AvgIpc) is 3.23. The Kier molecular flexibility index (Phi) is 5.34. The third kappa shape index (κ3) is 3.95. The van der Waals surface area contributed by atoms with Crippen LogP contribution in [-0.4, -0.2) is 12.5 Å². The van der Waals surface area contributed by atoms with Crippen LogP contribution in [0.5, 0.6) is 0 Å². The first-order chi connectivity index (χ1) is 13.3. The highest BCUT2D eigenvalue weighted by Gasteiger charge is 2.23. The summed E-state index contributed by atoms with van der Waals surface area (Å²) in [7, 11) is 0. The number of rotatable bonds is 6. The van der Waals surface area contributed by atoms with Crippen LogP contribution < -0.4 is 0 Å². The fourth-order valence-corrected chi connectivity index (χ4v) is 3.52. The second-order valence-corrected chi connectivity index (χ2v) is 7.02. The molecule has 0 amide bonds. The molecule has 1 aliphatic rings. The molecule has 0 fully saturated rings. The minimum absolute atomic E-state index is 0.0747. The molecule has 1 aliphatic heterocycles. The van der Waals surface area contributed by atoms with Crippen LogP contribution in [0.15, 0.2) is 83.9 Å². The van der Waals surface area contributed by atoms with E-state index in [-0.39, 0.29) is 6.04 Å². The lowest BCUT2D eigenvalue weighted by Gasteiger charge is -2.10. The third-order valence-electron chi connectivity index (χ3n) is 5.08. The average molecular weight is 355 g/mol. The SMILES string of the molecule is CCCCc1ccc(-c2ccccc2C2=N[C@@H](c3ccccc3)CO2)cc1. The molecule has 0 saturated carbocycles. The van der Waals surface area contributed by atoms with E-state index in [9.17, 15) is 0 Å². The van der Waals surface area contributed by atoms with E-state index in [2.05, 4.69) is 79.7 Å². The van der Waals surface area contributed by atoms with Gasteiger partial charge in [0.2, 0.25) is 5.90 Å². The van der Waals surface area contributed by atoms with Gasteiger partial charge in [-0.05, 0) is 41.2 Å². The first-order valence-electron chi connectivity index (χ1n) is 9.79. The van der Waals surface area contributed by atoms with Crippen LogP contribution in [0.25, 0.3) is 11.1 Å². The summed E-state index contributed by atoms with van der Waals surface area (Å²) in [5.74, 6) is 0.745. The molecule has 0 N–H and O–H groups in total. The Morgan fingerprint density at radius 1 is 0.852 bits per heavy atom. The standard InChI is InChI=1S/C25H25NO/c1-2-3-9-19-14-16-20(17-15-19)22-12-7-8-13-23(22)25-26-24(18-27-25)21-10-5-4-6-11-21/h4-8,10-17,24H,2-3,9,18H2,1H3/t24-/m1/s1. The summed E-state index contributed by atoms with van der Waals surface area (Å²) in [5, 5.41) is 0. The maximum Gasteiger partial charge on any atom is 0.217 e. The fraction of sp³-hybridized carbons (Fsp3) is 0.240. The summed E-state index contributed by atoms with van der Waals surface area (Å²) in [5.41, 5.74) is 6.05. The van der Waals surface area contributed by atoms with Crippen LogP contribution in [0, 0.1) is 0 Å². The predicted octanol–water partition coefficient (Wildman–Crippen LogP) is 6.21. The molecule has 1 heterocycles. The van der Waals surface area contributed by atoms with E-state index in [1.165, 1.54) is 35.1 Å². The van der Waals surface area contributed by atoms with Crippen molar-refractivity contribution in [1.82, 2.24) is 0 Å². The smallest absolute Gasteiger partial charge is 0.217 e. The van der Waals surface area contributed by atoms with E-state index >= 15 is 0 Å². The summed E-state index contributed by atoms with van der Waals surface area (Å²) in [6.45, 7) is 2.83. The Balaban J connectivity index is 1.62. The van der Waals surface area contributed by atoms with Gasteiger partial charge in [-0.1, -0.05) is 86.1 Å². The highest BCUT2D eigenvalue weighted by molar-refractivity contribution is 6.01. The number of ether oxygens (including phenoxy) is 1. The highest BCUT2D eigenvalue weighted by atomic mass is 16.5. The lowest BCUT2D eigenvalue weighted by atomic mass is 9.97.